The van der Waals surface area contributed by atoms with Crippen LogP contribution in [-0.4, -0.2) is 68.0 Å². The zero-order chi connectivity index (χ0) is 26.5. The summed E-state index contributed by atoms with van der Waals surface area (Å²) in [5.74, 6) is -4.51. The van der Waals surface area contributed by atoms with Crippen LogP contribution < -0.4 is 4.74 Å². The summed E-state index contributed by atoms with van der Waals surface area (Å²) in [4.78, 5) is 52.5. The minimum absolute atomic E-state index is 0.0529. The number of phenols is 1. The van der Waals surface area contributed by atoms with E-state index in [0.29, 0.717) is 17.6 Å². The predicted octanol–water partition coefficient (Wildman–Crippen LogP) is 3.19. The number of halogens is 2. The van der Waals surface area contributed by atoms with Crippen LogP contribution >= 0.6 is 23.2 Å². The lowest BCUT2D eigenvalue weighted by Crippen LogP contribution is -2.60. The minimum atomic E-state index is -1.87. The molecule has 4 amide bonds. The molecule has 1 N–H and O–H groups in total. The standard InChI is InChI=1S/C26H28Cl2N2O6/c1-24(2,3)30-20(32)14-8-7-13-15(18(14)21(30)33)11-25(27)22(34)29(4)23(35)26(25,28)19(13)12-6-9-16(31)17(10-12)36-5/h6-7,9-10,14-15,18-19,31H,8,11H2,1-5H3. The number of carbonyl (C=O) groups excluding carboxylic acids is 4. The van der Waals surface area contributed by atoms with Gasteiger partial charge in [0.15, 0.2) is 21.2 Å². The molecular formula is C26H28Cl2N2O6. The summed E-state index contributed by atoms with van der Waals surface area (Å²) in [5.41, 5.74) is 0.502. The van der Waals surface area contributed by atoms with Gasteiger partial charge in [-0.05, 0) is 57.2 Å². The summed E-state index contributed by atoms with van der Waals surface area (Å²) in [6.45, 7) is 5.42. The second-order valence-corrected chi connectivity index (χ2v) is 12.4. The molecule has 2 aliphatic heterocycles. The Morgan fingerprint density at radius 1 is 1.06 bits per heavy atom. The fraction of sp³-hybridized carbons (Fsp3) is 0.538. The average Bonchev–Trinajstić information content (AvgIpc) is 3.15. The Balaban J connectivity index is 1.73. The fourth-order valence-corrected chi connectivity index (χ4v) is 7.67. The highest BCUT2D eigenvalue weighted by molar-refractivity contribution is 6.53. The van der Waals surface area contributed by atoms with E-state index in [4.69, 9.17) is 27.9 Å². The lowest BCUT2D eigenvalue weighted by atomic mass is 9.56. The lowest BCUT2D eigenvalue weighted by molar-refractivity contribution is -0.146. The van der Waals surface area contributed by atoms with E-state index in [1.54, 1.807) is 12.1 Å². The van der Waals surface area contributed by atoms with Crippen molar-refractivity contribution in [3.63, 3.8) is 0 Å². The van der Waals surface area contributed by atoms with Gasteiger partial charge in [0.05, 0.1) is 18.9 Å². The quantitative estimate of drug-likeness (QED) is 0.355. The lowest BCUT2D eigenvalue weighted by Gasteiger charge is -2.50. The van der Waals surface area contributed by atoms with Crippen molar-refractivity contribution in [2.75, 3.05) is 14.2 Å². The predicted molar refractivity (Wildman–Crippen MR) is 132 cm³/mol. The van der Waals surface area contributed by atoms with Crippen LogP contribution in [0.3, 0.4) is 0 Å². The summed E-state index contributed by atoms with van der Waals surface area (Å²) < 4.78 is 5.29. The van der Waals surface area contributed by atoms with Gasteiger partial charge < -0.3 is 9.84 Å². The molecule has 2 aliphatic carbocycles. The number of nitrogens with zero attached hydrogens (tertiary/aromatic N) is 2. The summed E-state index contributed by atoms with van der Waals surface area (Å²) in [6, 6.07) is 4.60. The van der Waals surface area contributed by atoms with E-state index in [0.717, 1.165) is 4.90 Å². The molecule has 3 fully saturated rings. The van der Waals surface area contributed by atoms with Crippen LogP contribution in [0.4, 0.5) is 0 Å². The van der Waals surface area contributed by atoms with Gasteiger partial charge in [-0.1, -0.05) is 17.7 Å². The van der Waals surface area contributed by atoms with Crippen LogP contribution in [0.2, 0.25) is 0 Å². The highest BCUT2D eigenvalue weighted by Gasteiger charge is 2.76. The van der Waals surface area contributed by atoms with Crippen LogP contribution in [0.25, 0.3) is 0 Å². The molecule has 4 aliphatic rings. The number of alkyl halides is 2. The average molecular weight is 535 g/mol. The molecule has 2 saturated heterocycles. The first-order valence-corrected chi connectivity index (χ1v) is 12.6. The van der Waals surface area contributed by atoms with E-state index in [9.17, 15) is 24.3 Å². The number of fused-ring (bicyclic) bond motifs is 4. The van der Waals surface area contributed by atoms with E-state index < -0.39 is 50.8 Å². The maximum atomic E-state index is 13.7. The first kappa shape index (κ1) is 25.1. The van der Waals surface area contributed by atoms with Crippen molar-refractivity contribution in [1.29, 1.82) is 0 Å². The maximum absolute atomic E-state index is 13.7. The van der Waals surface area contributed by atoms with Gasteiger partial charge in [0.25, 0.3) is 11.8 Å². The highest BCUT2D eigenvalue weighted by atomic mass is 35.5. The normalized spacial score (nSPS) is 36.0. The number of rotatable bonds is 2. The van der Waals surface area contributed by atoms with Gasteiger partial charge in [-0.25, -0.2) is 0 Å². The second kappa shape index (κ2) is 7.71. The molecule has 1 saturated carbocycles. The number of ether oxygens (including phenoxy) is 1. The van der Waals surface area contributed by atoms with Crippen molar-refractivity contribution < 1.29 is 29.0 Å². The molecule has 5 rings (SSSR count). The summed E-state index contributed by atoms with van der Waals surface area (Å²) in [7, 11) is 2.75. The molecule has 6 atom stereocenters. The van der Waals surface area contributed by atoms with Gasteiger partial charge in [0, 0.05) is 18.5 Å². The van der Waals surface area contributed by atoms with Crippen LogP contribution in [0.1, 0.15) is 45.1 Å². The van der Waals surface area contributed by atoms with E-state index in [2.05, 4.69) is 0 Å². The maximum Gasteiger partial charge on any atom is 0.253 e. The van der Waals surface area contributed by atoms with Crippen LogP contribution in [0.15, 0.2) is 29.8 Å². The number of aromatic hydroxyl groups is 1. The van der Waals surface area contributed by atoms with Gasteiger partial charge in [0.1, 0.15) is 0 Å². The third-order valence-electron chi connectivity index (χ3n) is 8.22. The van der Waals surface area contributed by atoms with Crippen molar-refractivity contribution in [1.82, 2.24) is 9.80 Å². The van der Waals surface area contributed by atoms with Crippen molar-refractivity contribution in [3.8, 4) is 11.5 Å². The molecule has 0 spiro atoms. The van der Waals surface area contributed by atoms with E-state index in [-0.39, 0.29) is 29.7 Å². The van der Waals surface area contributed by atoms with Gasteiger partial charge in [0.2, 0.25) is 11.8 Å². The second-order valence-electron chi connectivity index (χ2n) is 11.1. The number of methoxy groups -OCH3 is 1. The number of phenolic OH excluding ortho intramolecular Hbond substituents is 1. The monoisotopic (exact) mass is 534 g/mol. The Hall–Kier alpha value is -2.58. The van der Waals surface area contributed by atoms with E-state index >= 15 is 0 Å². The zero-order valence-corrected chi connectivity index (χ0v) is 22.2. The largest absolute Gasteiger partial charge is 0.504 e. The number of carbonyl (C=O) groups is 4. The van der Waals surface area contributed by atoms with E-state index in [1.807, 2.05) is 26.8 Å². The molecule has 1 aromatic rings. The smallest absolute Gasteiger partial charge is 0.253 e. The molecule has 8 nitrogen and oxygen atoms in total. The van der Waals surface area contributed by atoms with Gasteiger partial charge in [-0.2, -0.15) is 0 Å². The molecule has 36 heavy (non-hydrogen) atoms. The van der Waals surface area contributed by atoms with Crippen molar-refractivity contribution in [2.45, 2.75) is 54.8 Å². The Labute approximate surface area is 219 Å². The first-order chi connectivity index (χ1) is 16.7. The molecule has 0 radical (unpaired) electrons. The molecule has 0 bridgehead atoms. The van der Waals surface area contributed by atoms with Crippen molar-refractivity contribution in [2.24, 2.45) is 17.8 Å². The number of hydrogen-bond acceptors (Lipinski definition) is 6. The highest BCUT2D eigenvalue weighted by Crippen LogP contribution is 2.65. The summed E-state index contributed by atoms with van der Waals surface area (Å²) in [6.07, 6.45) is 2.13. The molecule has 10 heteroatoms. The Bertz CT molecular complexity index is 1260. The SMILES string of the molecule is COc1cc(C2C3=CCC4C(=O)N(C(C)(C)C)C(=O)C4C3CC3(Cl)C(=O)N(C)C(=O)C23Cl)ccc1O. The van der Waals surface area contributed by atoms with Gasteiger partial charge >= 0.3 is 0 Å². The van der Waals surface area contributed by atoms with Crippen LogP contribution in [0.5, 0.6) is 11.5 Å². The van der Waals surface area contributed by atoms with Crippen LogP contribution in [0, 0.1) is 17.8 Å². The molecule has 2 heterocycles. The topological polar surface area (TPSA) is 104 Å². The number of allylic oxidation sites excluding steroid dienone is 2. The third-order valence-corrected chi connectivity index (χ3v) is 9.64. The van der Waals surface area contributed by atoms with Crippen molar-refractivity contribution in [3.05, 3.63) is 35.4 Å². The van der Waals surface area contributed by atoms with Gasteiger partial charge in [-0.15, -0.1) is 23.2 Å². The summed E-state index contributed by atoms with van der Waals surface area (Å²) >= 11 is 14.2. The minimum Gasteiger partial charge on any atom is -0.504 e. The molecule has 0 aromatic heterocycles. The van der Waals surface area contributed by atoms with Crippen molar-refractivity contribution >= 4 is 46.8 Å². The van der Waals surface area contributed by atoms with Crippen LogP contribution in [-0.2, 0) is 19.2 Å². The fourth-order valence-electron chi connectivity index (χ4n) is 6.65. The number of likely N-dealkylation sites (tertiary alicyclic amines) is 2. The number of imide groups is 2. The first-order valence-electron chi connectivity index (χ1n) is 11.8. The molecule has 1 aromatic carbocycles. The Morgan fingerprint density at radius 3 is 2.33 bits per heavy atom. The third kappa shape index (κ3) is 2.94. The Morgan fingerprint density at radius 2 is 1.72 bits per heavy atom. The zero-order valence-electron chi connectivity index (χ0n) is 20.7. The molecule has 192 valence electrons. The number of benzene rings is 1. The van der Waals surface area contributed by atoms with Gasteiger partial charge in [-0.3, -0.25) is 29.0 Å². The Kier molecular flexibility index (Phi) is 5.37. The van der Waals surface area contributed by atoms with E-state index in [1.165, 1.54) is 25.1 Å². The molecule has 6 unspecified atom stereocenters. The number of amides is 4. The molecular weight excluding hydrogens is 507 g/mol. The summed E-state index contributed by atoms with van der Waals surface area (Å²) in [5, 5.41) is 10.2. The number of hydrogen-bond donors (Lipinski definition) is 1.